The second-order valence-corrected chi connectivity index (χ2v) is 4.71. The van der Waals surface area contributed by atoms with Gasteiger partial charge in [0.1, 0.15) is 11.2 Å². The Morgan fingerprint density at radius 1 is 1.29 bits per heavy atom. The lowest BCUT2D eigenvalue weighted by Crippen LogP contribution is -2.64. The number of carbonyl (C=O) groups excluding carboxylic acids is 3. The Kier molecular flexibility index (Phi) is 2.04. The van der Waals surface area contributed by atoms with E-state index in [4.69, 9.17) is 13.4 Å². The zero-order valence-corrected chi connectivity index (χ0v) is 8.17. The molecule has 2 aliphatic heterocycles. The maximum Gasteiger partial charge on any atom is 0.604 e. The monoisotopic (exact) mass is 218 g/mol. The highest BCUT2D eigenvalue weighted by atomic mass is 32.2. The average molecular weight is 218 g/mol. The van der Waals surface area contributed by atoms with Gasteiger partial charge in [0.2, 0.25) is 11.5 Å². The number of carbonyl (C=O) groups is 3. The molecule has 6 nitrogen and oxygen atoms in total. The van der Waals surface area contributed by atoms with E-state index in [0.717, 1.165) is 0 Å². The third-order valence-corrected chi connectivity index (χ3v) is 3.53. The molecule has 8 heteroatoms. The van der Waals surface area contributed by atoms with E-state index in [1.54, 1.807) is 0 Å². The first-order chi connectivity index (χ1) is 6.52. The minimum atomic E-state index is -2.80. The summed E-state index contributed by atoms with van der Waals surface area (Å²) in [7, 11) is 0. The minimum absolute atomic E-state index is 0.0197. The maximum absolute atomic E-state index is 11.2. The molecular weight excluding hydrogens is 211 g/mol. The van der Waals surface area contributed by atoms with Gasteiger partial charge in [-0.2, -0.15) is 0 Å². The van der Waals surface area contributed by atoms with Crippen LogP contribution in [0.15, 0.2) is 0 Å². The summed E-state index contributed by atoms with van der Waals surface area (Å²) in [5.74, 6) is -1.07. The van der Waals surface area contributed by atoms with Crippen molar-refractivity contribution in [1.29, 1.82) is 0 Å². The number of rotatable bonds is 1. The lowest BCUT2D eigenvalue weighted by molar-refractivity contribution is -0.146. The first-order valence-corrected chi connectivity index (χ1v) is 5.46. The Morgan fingerprint density at radius 3 is 2.21 bits per heavy atom. The van der Waals surface area contributed by atoms with Crippen molar-refractivity contribution in [3.63, 3.8) is 0 Å². The van der Waals surface area contributed by atoms with Gasteiger partial charge in [0.15, 0.2) is 0 Å². The van der Waals surface area contributed by atoms with Crippen LogP contribution in [0.4, 0.5) is 0 Å². The molecule has 76 valence electrons. The number of fused-ring (bicyclic) bond motifs is 2. The highest BCUT2D eigenvalue weighted by molar-refractivity contribution is 7.95. The Balaban J connectivity index is 2.32. The fourth-order valence-electron chi connectivity index (χ4n) is 1.27. The van der Waals surface area contributed by atoms with Gasteiger partial charge in [-0.25, -0.2) is 0 Å². The molecule has 0 amide bonds. The van der Waals surface area contributed by atoms with Crippen LogP contribution in [0.25, 0.3) is 0 Å². The largest absolute Gasteiger partial charge is 0.622 e. The standard InChI is InChI=1S/C6H7BO6S/c1-4(8)7-11-5(9)2-14(13-7)3-6(10)12-7/h2-3H2,1H3. The molecule has 0 radical (unpaired) electrons. The molecule has 14 heavy (non-hydrogen) atoms. The fourth-order valence-corrected chi connectivity index (χ4v) is 2.74. The van der Waals surface area contributed by atoms with E-state index in [-0.39, 0.29) is 11.5 Å². The van der Waals surface area contributed by atoms with Gasteiger partial charge in [0.25, 0.3) is 0 Å². The summed E-state index contributed by atoms with van der Waals surface area (Å²) >= 11 is -0.857. The third-order valence-electron chi connectivity index (χ3n) is 1.89. The van der Waals surface area contributed by atoms with E-state index in [1.807, 2.05) is 0 Å². The summed E-state index contributed by atoms with van der Waals surface area (Å²) in [6.45, 7) is -1.64. The SMILES string of the molecule is CC(=O)[B-]12OC(=O)C[S+](CC(=O)O1)O2. The van der Waals surface area contributed by atoms with Crippen LogP contribution in [0.3, 0.4) is 0 Å². The molecule has 2 fully saturated rings. The van der Waals surface area contributed by atoms with Gasteiger partial charge in [-0.05, 0) is 6.92 Å². The predicted octanol–water partition coefficient (Wildman–Crippen LogP) is -1.28. The van der Waals surface area contributed by atoms with Crippen molar-refractivity contribution in [1.82, 2.24) is 0 Å². The smallest absolute Gasteiger partial charge is 0.604 e. The molecule has 2 aliphatic rings. The molecule has 0 atom stereocenters. The summed E-state index contributed by atoms with van der Waals surface area (Å²) in [5.41, 5.74) is -0.580. The van der Waals surface area contributed by atoms with Crippen molar-refractivity contribution < 1.29 is 27.8 Å². The van der Waals surface area contributed by atoms with Gasteiger partial charge in [-0.3, -0.25) is 13.7 Å². The number of hydrogen-bond donors (Lipinski definition) is 0. The van der Waals surface area contributed by atoms with E-state index < -0.39 is 35.6 Å². The van der Waals surface area contributed by atoms with Gasteiger partial charge in [-0.1, -0.05) is 0 Å². The van der Waals surface area contributed by atoms with Crippen LogP contribution in [0, 0.1) is 0 Å². The first-order valence-electron chi connectivity index (χ1n) is 3.97. The van der Waals surface area contributed by atoms with Crippen LogP contribution in [0.2, 0.25) is 0 Å². The topological polar surface area (TPSA) is 78.9 Å². The molecule has 2 bridgehead atoms. The minimum Gasteiger partial charge on any atom is -0.622 e. The van der Waals surface area contributed by atoms with Crippen LogP contribution in [0.5, 0.6) is 0 Å². The second kappa shape index (κ2) is 2.99. The Hall–Kier alpha value is -1.02. The summed E-state index contributed by atoms with van der Waals surface area (Å²) in [4.78, 5) is 33.3. The highest BCUT2D eigenvalue weighted by Crippen LogP contribution is 2.26. The molecule has 0 spiro atoms. The van der Waals surface area contributed by atoms with Crippen LogP contribution in [-0.4, -0.2) is 35.9 Å². The summed E-state index contributed by atoms with van der Waals surface area (Å²) in [6, 6.07) is 0. The maximum atomic E-state index is 11.2. The molecule has 2 heterocycles. The molecule has 0 aromatic rings. The van der Waals surface area contributed by atoms with E-state index >= 15 is 0 Å². The number of hydrogen-bond acceptors (Lipinski definition) is 6. The Morgan fingerprint density at radius 2 is 1.79 bits per heavy atom. The predicted molar refractivity (Wildman–Crippen MR) is 46.8 cm³/mol. The van der Waals surface area contributed by atoms with Gasteiger partial charge < -0.3 is 14.1 Å². The molecule has 0 saturated carbocycles. The highest BCUT2D eigenvalue weighted by Gasteiger charge is 2.57. The molecule has 0 aliphatic carbocycles. The van der Waals surface area contributed by atoms with E-state index in [1.165, 1.54) is 6.92 Å². The quantitative estimate of drug-likeness (QED) is 0.402. The van der Waals surface area contributed by atoms with Crippen LogP contribution < -0.4 is 0 Å². The molecular formula is C6H7BO6S. The van der Waals surface area contributed by atoms with Crippen molar-refractivity contribution in [3.8, 4) is 0 Å². The molecule has 0 N–H and O–H groups in total. The van der Waals surface area contributed by atoms with Crippen LogP contribution in [-0.2, 0) is 39.0 Å². The molecule has 0 aromatic carbocycles. The lowest BCUT2D eigenvalue weighted by Gasteiger charge is -2.41. The third kappa shape index (κ3) is 1.40. The van der Waals surface area contributed by atoms with Crippen molar-refractivity contribution in [2.75, 3.05) is 11.5 Å². The van der Waals surface area contributed by atoms with Crippen molar-refractivity contribution in [3.05, 3.63) is 0 Å². The van der Waals surface area contributed by atoms with Gasteiger partial charge in [0.05, 0.1) is 5.68 Å². The average Bonchev–Trinajstić information content (AvgIpc) is 2.00. The zero-order chi connectivity index (χ0) is 10.3. The van der Waals surface area contributed by atoms with Crippen LogP contribution in [0.1, 0.15) is 6.92 Å². The fraction of sp³-hybridized carbons (Fsp3) is 0.500. The van der Waals surface area contributed by atoms with E-state index in [0.29, 0.717) is 0 Å². The van der Waals surface area contributed by atoms with E-state index in [9.17, 15) is 14.4 Å². The Bertz CT molecular complexity index is 308. The van der Waals surface area contributed by atoms with E-state index in [2.05, 4.69) is 0 Å². The first kappa shape index (κ1) is 9.54. The summed E-state index contributed by atoms with van der Waals surface area (Å²) < 4.78 is 14.6. The van der Waals surface area contributed by atoms with Crippen LogP contribution >= 0.6 is 0 Å². The van der Waals surface area contributed by atoms with Gasteiger partial charge in [-0.15, -0.1) is 0 Å². The van der Waals surface area contributed by atoms with Gasteiger partial charge >= 0.3 is 18.7 Å². The van der Waals surface area contributed by atoms with Crippen molar-refractivity contribution in [2.24, 2.45) is 0 Å². The second-order valence-electron chi connectivity index (χ2n) is 3.06. The van der Waals surface area contributed by atoms with Crippen molar-refractivity contribution in [2.45, 2.75) is 6.92 Å². The normalized spacial score (nSPS) is 35.9. The molecule has 0 aromatic heterocycles. The molecule has 0 unspecified atom stereocenters. The van der Waals surface area contributed by atoms with Crippen molar-refractivity contribution >= 4 is 35.6 Å². The summed E-state index contributed by atoms with van der Waals surface area (Å²) in [5, 5.41) is 0. The Labute approximate surface area is 82.4 Å². The van der Waals surface area contributed by atoms with Gasteiger partial charge in [0, 0.05) is 0 Å². The molecule has 2 saturated heterocycles. The molecule has 2 rings (SSSR count). The lowest BCUT2D eigenvalue weighted by atomic mass is 9.73. The summed E-state index contributed by atoms with van der Waals surface area (Å²) in [6.07, 6.45) is 0. The zero-order valence-electron chi connectivity index (χ0n) is 7.35.